The molecule has 108 valence electrons. The van der Waals surface area contributed by atoms with Crippen molar-refractivity contribution in [2.24, 2.45) is 0 Å². The molecule has 1 aromatic rings. The minimum Gasteiger partial charge on any atom is -0.447 e. The molecule has 1 aliphatic rings. The Morgan fingerprint density at radius 2 is 2.05 bits per heavy atom. The summed E-state index contributed by atoms with van der Waals surface area (Å²) in [5.74, 6) is -0.909. The lowest BCUT2D eigenvalue weighted by Gasteiger charge is -2.20. The quantitative estimate of drug-likeness (QED) is 0.582. The maximum Gasteiger partial charge on any atom is 0.416 e. The van der Waals surface area contributed by atoms with Crippen molar-refractivity contribution < 1.29 is 23.1 Å². The van der Waals surface area contributed by atoms with E-state index in [9.17, 15) is 18.4 Å². The molecule has 0 aliphatic carbocycles. The van der Waals surface area contributed by atoms with E-state index < -0.39 is 28.4 Å². The molecule has 0 unspecified atom stereocenters. The van der Waals surface area contributed by atoms with Gasteiger partial charge in [-0.3, -0.25) is 4.79 Å². The molecule has 1 fully saturated rings. The molecule has 20 heavy (non-hydrogen) atoms. The Balaban J connectivity index is 2.09. The lowest BCUT2D eigenvalue weighted by atomic mass is 10.1. The van der Waals surface area contributed by atoms with E-state index >= 15 is 0 Å². The number of hydrogen-bond acceptors (Lipinski definition) is 3. The molecule has 1 atom stereocenters. The predicted octanol–water partition coefficient (Wildman–Crippen LogP) is 2.99. The second-order valence-corrected chi connectivity index (χ2v) is 6.05. The van der Waals surface area contributed by atoms with Gasteiger partial charge in [0, 0.05) is 0 Å². The number of imide groups is 1. The van der Waals surface area contributed by atoms with Crippen molar-refractivity contribution in [3.63, 3.8) is 0 Å². The van der Waals surface area contributed by atoms with Crippen molar-refractivity contribution in [2.75, 3.05) is 6.61 Å². The zero-order valence-corrected chi connectivity index (χ0v) is 12.5. The standard InChI is InChI=1S/C13H12F2INO3/c14-13(15,16)7-11(18)17-10(8-20-12(17)19)6-9-4-2-1-3-5-9/h1-5,10H,6-8H2/t10-/m0/s1. The summed E-state index contributed by atoms with van der Waals surface area (Å²) < 4.78 is 27.4. The Kier molecular flexibility index (Phi) is 4.56. The monoisotopic (exact) mass is 395 g/mol. The number of halogens is 3. The SMILES string of the molecule is O=C(CC(F)(F)I)N1C(=O)OC[C@@H]1Cc1ccccc1. The summed E-state index contributed by atoms with van der Waals surface area (Å²) in [7, 11) is 0. The highest BCUT2D eigenvalue weighted by molar-refractivity contribution is 14.1. The smallest absolute Gasteiger partial charge is 0.416 e. The Hall–Kier alpha value is -1.25. The van der Waals surface area contributed by atoms with Crippen molar-refractivity contribution in [1.82, 2.24) is 4.90 Å². The first-order valence-corrected chi connectivity index (χ1v) is 7.04. The molecule has 1 aromatic carbocycles. The third-order valence-electron chi connectivity index (χ3n) is 2.90. The van der Waals surface area contributed by atoms with Gasteiger partial charge in [-0.1, -0.05) is 30.3 Å². The molecule has 1 heterocycles. The highest BCUT2D eigenvalue weighted by Gasteiger charge is 2.41. The van der Waals surface area contributed by atoms with Gasteiger partial charge in [-0.2, -0.15) is 8.78 Å². The molecule has 0 N–H and O–H groups in total. The molecule has 2 rings (SSSR count). The fourth-order valence-electron chi connectivity index (χ4n) is 2.06. The Morgan fingerprint density at radius 3 is 2.65 bits per heavy atom. The molecular weight excluding hydrogens is 383 g/mol. The second-order valence-electron chi connectivity index (χ2n) is 4.48. The third kappa shape index (κ3) is 3.87. The molecule has 4 nitrogen and oxygen atoms in total. The lowest BCUT2D eigenvalue weighted by Crippen LogP contribution is -2.41. The average molecular weight is 395 g/mol. The van der Waals surface area contributed by atoms with Gasteiger partial charge in [0.25, 0.3) is 0 Å². The minimum atomic E-state index is -3.17. The summed E-state index contributed by atoms with van der Waals surface area (Å²) >= 11 is 0.883. The number of carbonyl (C=O) groups excluding carboxylic acids is 2. The largest absolute Gasteiger partial charge is 0.447 e. The lowest BCUT2D eigenvalue weighted by molar-refractivity contribution is -0.132. The van der Waals surface area contributed by atoms with E-state index in [1.165, 1.54) is 0 Å². The summed E-state index contributed by atoms with van der Waals surface area (Å²) in [4.78, 5) is 24.2. The highest BCUT2D eigenvalue weighted by Crippen LogP contribution is 2.29. The van der Waals surface area contributed by atoms with Crippen LogP contribution in [0.3, 0.4) is 0 Å². The van der Waals surface area contributed by atoms with Crippen LogP contribution < -0.4 is 0 Å². The second kappa shape index (κ2) is 6.02. The number of cyclic esters (lactones) is 1. The van der Waals surface area contributed by atoms with Crippen LogP contribution in [0.1, 0.15) is 12.0 Å². The van der Waals surface area contributed by atoms with Gasteiger partial charge >= 0.3 is 10.0 Å². The van der Waals surface area contributed by atoms with Crippen LogP contribution in [0.5, 0.6) is 0 Å². The summed E-state index contributed by atoms with van der Waals surface area (Å²) in [6, 6.07) is 8.67. The van der Waals surface area contributed by atoms with Crippen molar-refractivity contribution in [3.05, 3.63) is 35.9 Å². The number of rotatable bonds is 4. The van der Waals surface area contributed by atoms with Crippen LogP contribution in [0.4, 0.5) is 13.6 Å². The molecule has 1 saturated heterocycles. The van der Waals surface area contributed by atoms with Gasteiger partial charge in [0.15, 0.2) is 0 Å². The fraction of sp³-hybridized carbons (Fsp3) is 0.385. The number of benzene rings is 1. The van der Waals surface area contributed by atoms with Gasteiger partial charge in [0.05, 0.1) is 6.04 Å². The fourth-order valence-corrected chi connectivity index (χ4v) is 2.39. The molecule has 0 saturated carbocycles. The molecule has 0 spiro atoms. The van der Waals surface area contributed by atoms with Gasteiger partial charge < -0.3 is 4.74 Å². The zero-order valence-electron chi connectivity index (χ0n) is 10.4. The van der Waals surface area contributed by atoms with Gasteiger partial charge in [0.1, 0.15) is 13.0 Å². The number of hydrogen-bond donors (Lipinski definition) is 0. The first kappa shape index (κ1) is 15.1. The summed E-state index contributed by atoms with van der Waals surface area (Å²) in [5, 5.41) is 0. The van der Waals surface area contributed by atoms with E-state index in [0.29, 0.717) is 6.42 Å². The topological polar surface area (TPSA) is 46.6 Å². The van der Waals surface area contributed by atoms with Crippen molar-refractivity contribution in [3.8, 4) is 0 Å². The van der Waals surface area contributed by atoms with E-state index in [1.807, 2.05) is 30.3 Å². The Morgan fingerprint density at radius 1 is 1.40 bits per heavy atom. The predicted molar refractivity (Wildman–Crippen MR) is 75.7 cm³/mol. The van der Waals surface area contributed by atoms with Crippen LogP contribution in [0, 0.1) is 0 Å². The highest BCUT2D eigenvalue weighted by atomic mass is 127. The third-order valence-corrected chi connectivity index (χ3v) is 3.28. The summed E-state index contributed by atoms with van der Waals surface area (Å²) in [6.45, 7) is 0.0340. The van der Waals surface area contributed by atoms with Crippen molar-refractivity contribution >= 4 is 34.6 Å². The normalized spacial score (nSPS) is 19.1. The van der Waals surface area contributed by atoms with Crippen molar-refractivity contribution in [2.45, 2.75) is 22.8 Å². The van der Waals surface area contributed by atoms with Crippen LogP contribution in [-0.4, -0.2) is 33.5 Å². The van der Waals surface area contributed by atoms with Gasteiger partial charge in [0.2, 0.25) is 5.91 Å². The Bertz CT molecular complexity index is 504. The summed E-state index contributed by atoms with van der Waals surface area (Å²) in [5.41, 5.74) is 0.912. The number of carbonyl (C=O) groups is 2. The number of amides is 2. The minimum absolute atomic E-state index is 0.0340. The van der Waals surface area contributed by atoms with Crippen LogP contribution in [0.2, 0.25) is 0 Å². The molecular formula is C13H12F2INO3. The van der Waals surface area contributed by atoms with Gasteiger partial charge in [-0.25, -0.2) is 9.69 Å². The molecule has 7 heteroatoms. The van der Waals surface area contributed by atoms with E-state index in [-0.39, 0.29) is 6.61 Å². The maximum atomic E-state index is 12.9. The van der Waals surface area contributed by atoms with E-state index in [0.717, 1.165) is 33.1 Å². The zero-order chi connectivity index (χ0) is 14.8. The van der Waals surface area contributed by atoms with E-state index in [4.69, 9.17) is 4.74 Å². The van der Waals surface area contributed by atoms with Crippen molar-refractivity contribution in [1.29, 1.82) is 0 Å². The van der Waals surface area contributed by atoms with Crippen LogP contribution in [0.15, 0.2) is 30.3 Å². The first-order chi connectivity index (χ1) is 9.37. The van der Waals surface area contributed by atoms with E-state index in [2.05, 4.69) is 0 Å². The van der Waals surface area contributed by atoms with Crippen LogP contribution >= 0.6 is 22.6 Å². The molecule has 1 aliphatic heterocycles. The molecule has 2 amide bonds. The molecule has 0 aromatic heterocycles. The Labute approximate surface area is 128 Å². The molecule has 0 bridgehead atoms. The van der Waals surface area contributed by atoms with Crippen LogP contribution in [-0.2, 0) is 16.0 Å². The number of ether oxygens (including phenoxy) is 1. The average Bonchev–Trinajstić information content (AvgIpc) is 2.69. The van der Waals surface area contributed by atoms with Gasteiger partial charge in [-0.05, 0) is 34.6 Å². The van der Waals surface area contributed by atoms with E-state index in [1.54, 1.807) is 0 Å². The first-order valence-electron chi connectivity index (χ1n) is 5.96. The number of alkyl halides is 3. The maximum absolute atomic E-state index is 12.9. The number of nitrogens with zero attached hydrogens (tertiary/aromatic N) is 1. The van der Waals surface area contributed by atoms with Gasteiger partial charge in [-0.15, -0.1) is 0 Å². The van der Waals surface area contributed by atoms with Crippen LogP contribution in [0.25, 0.3) is 0 Å². The summed E-state index contributed by atoms with van der Waals surface area (Å²) in [6.07, 6.45) is -1.46. The molecule has 0 radical (unpaired) electrons.